The molecule has 0 aliphatic heterocycles. The molecule has 9 rings (SSSR count). The molecule has 18 heteroatoms. The molecule has 3 aliphatic carbocycles. The van der Waals surface area contributed by atoms with E-state index in [-0.39, 0.29) is 24.2 Å². The van der Waals surface area contributed by atoms with Crippen LogP contribution in [0.3, 0.4) is 0 Å². The molecule has 9 N–H and O–H groups in total. The molecule has 6 aromatic carbocycles. The SMILES string of the molecule is CCCCCCCCCCCCCCCCCCOC(=O)Nc1ccc(Cc2ccc(NC(=O)NC3CCCCC3)cc2)cc1.CCCCCCCCCCCCCCCCCCOC(=O)Nc1ccc(Cc2ccc(NC(=O)OCCCCCCCCCCCCCCCCCC)cc2)cc1.O=C(Nc1ccc(Cc2ccc(NC(=O)NC3CCCCC3)cc2)cc1)NC1CCCCC1. The molecule has 0 atom stereocenters. The summed E-state index contributed by atoms with van der Waals surface area (Å²) in [4.78, 5) is 73.5. The number of unbranched alkanes of at least 4 members (excludes halogenated alkanes) is 45. The number of nitrogens with one attached hydrogen (secondary N) is 9. The molecule has 0 bridgehead atoms. The van der Waals surface area contributed by atoms with Gasteiger partial charge in [0.1, 0.15) is 0 Å². The minimum Gasteiger partial charge on any atom is -0.449 e. The number of anilines is 6. The number of carbonyl (C=O) groups is 6. The van der Waals surface area contributed by atoms with E-state index in [4.69, 9.17) is 14.2 Å². The van der Waals surface area contributed by atoms with Gasteiger partial charge in [-0.05, 0) is 183 Å². The third-order valence-corrected chi connectivity index (χ3v) is 27.0. The van der Waals surface area contributed by atoms with Gasteiger partial charge in [-0.1, -0.05) is 440 Å². The normalized spacial score (nSPS) is 13.4. The number of amides is 9. The molecule has 0 radical (unpaired) electrons. The molecule has 0 spiro atoms. The standard InChI is InChI=1S/C51H86N2O4.C39H61N3O3.C27H36N4O2/c1-3-5-7-9-11-13-15-17-19-21-23-25-27-29-31-33-43-56-50(54)52-48-39-35-46(36-40-48)45-47-37-41-49(42-38-47)53-51(55)57-44-34-32-30-28-26-24-22-20-18-16-14-12-10-8-6-4-2;1-2-3-4-5-6-7-8-9-10-11-12-13-14-15-16-20-31-45-39(44)42-37-29-25-34(26-30-37)32-33-23-27-36(28-24-33)41-38(43)40-35-21-18-17-19-22-35;32-26(28-22-7-3-1-4-8-22)30-24-15-11-20(12-16-24)19-21-13-17-25(18-14-21)31-27(33)29-23-9-5-2-6-10-23/h35-42H,3-34,43-45H2,1-2H3,(H,52,54)(H,53,55);23-30,35H,2-22,31-32H2,1H3,(H,42,44)(H2,40,41,43);11-18,22-23H,1-10,19H2,(H2,28,30,32)(H2,29,31,33). The van der Waals surface area contributed by atoms with E-state index in [1.54, 1.807) is 0 Å². The molecule has 3 saturated carbocycles. The smallest absolute Gasteiger partial charge is 0.411 e. The fourth-order valence-electron chi connectivity index (χ4n) is 18.6. The number of benzene rings is 6. The second-order valence-corrected chi connectivity index (χ2v) is 39.2. The second kappa shape index (κ2) is 76.0. The Balaban J connectivity index is 0.000000285. The number of ether oxygens (including phenoxy) is 3. The molecule has 135 heavy (non-hydrogen) atoms. The summed E-state index contributed by atoms with van der Waals surface area (Å²) in [6.07, 6.45) is 82.4. The molecule has 9 amide bonds. The van der Waals surface area contributed by atoms with Crippen LogP contribution in [-0.2, 0) is 33.5 Å². The molecule has 3 fully saturated rings. The minimum absolute atomic E-state index is 0.120. The summed E-state index contributed by atoms with van der Waals surface area (Å²) < 4.78 is 16.2. The Hall–Kier alpha value is -9.06. The van der Waals surface area contributed by atoms with Crippen molar-refractivity contribution in [2.75, 3.05) is 51.7 Å². The highest BCUT2D eigenvalue weighted by Gasteiger charge is 2.20. The van der Waals surface area contributed by atoms with Gasteiger partial charge in [-0.3, -0.25) is 16.0 Å². The van der Waals surface area contributed by atoms with Crippen LogP contribution in [0.2, 0.25) is 0 Å². The summed E-state index contributed by atoms with van der Waals surface area (Å²) in [5, 5.41) is 26.6. The van der Waals surface area contributed by atoms with Gasteiger partial charge in [-0.15, -0.1) is 0 Å². The third kappa shape index (κ3) is 58.3. The molecule has 3 aliphatic rings. The lowest BCUT2D eigenvalue weighted by Crippen LogP contribution is -2.39. The van der Waals surface area contributed by atoms with Crippen LogP contribution < -0.4 is 47.9 Å². The van der Waals surface area contributed by atoms with Crippen molar-refractivity contribution >= 4 is 70.5 Å². The van der Waals surface area contributed by atoms with E-state index < -0.39 is 12.2 Å². The highest BCUT2D eigenvalue weighted by molar-refractivity contribution is 5.91. The first-order valence-electron chi connectivity index (χ1n) is 54.9. The van der Waals surface area contributed by atoms with Gasteiger partial charge in [0.15, 0.2) is 0 Å². The predicted molar refractivity (Wildman–Crippen MR) is 568 cm³/mol. The minimum atomic E-state index is -0.393. The van der Waals surface area contributed by atoms with Crippen molar-refractivity contribution in [1.29, 1.82) is 0 Å². The van der Waals surface area contributed by atoms with Crippen LogP contribution in [0.1, 0.15) is 459 Å². The van der Waals surface area contributed by atoms with Gasteiger partial charge < -0.3 is 46.1 Å². The predicted octanol–water partition coefficient (Wildman–Crippen LogP) is 34.6. The third-order valence-electron chi connectivity index (χ3n) is 27.0. The van der Waals surface area contributed by atoms with Gasteiger partial charge >= 0.3 is 36.4 Å². The Morgan fingerprint density at radius 2 is 0.348 bits per heavy atom. The molecule has 0 aromatic heterocycles. The lowest BCUT2D eigenvalue weighted by atomic mass is 9.96. The van der Waals surface area contributed by atoms with E-state index in [2.05, 4.69) is 68.6 Å². The van der Waals surface area contributed by atoms with Crippen LogP contribution in [0.5, 0.6) is 0 Å². The molecule has 0 saturated heterocycles. The highest BCUT2D eigenvalue weighted by atomic mass is 16.6. The van der Waals surface area contributed by atoms with Gasteiger partial charge in [-0.2, -0.15) is 0 Å². The first kappa shape index (κ1) is 113. The van der Waals surface area contributed by atoms with E-state index >= 15 is 0 Å². The lowest BCUT2D eigenvalue weighted by molar-refractivity contribution is 0.158. The van der Waals surface area contributed by atoms with E-state index in [1.165, 1.54) is 339 Å². The Kier molecular flexibility index (Phi) is 63.6. The van der Waals surface area contributed by atoms with Crippen molar-refractivity contribution in [3.63, 3.8) is 0 Å². The number of carbonyl (C=O) groups excluding carboxylic acids is 6. The average Bonchev–Trinajstić information content (AvgIpc) is 0.872. The van der Waals surface area contributed by atoms with Crippen LogP contribution in [0.15, 0.2) is 146 Å². The fraction of sp³-hybridized carbons (Fsp3) is 0.641. The largest absolute Gasteiger partial charge is 0.449 e. The summed E-state index contributed by atoms with van der Waals surface area (Å²) in [7, 11) is 0. The maximum atomic E-state index is 12.3. The van der Waals surface area contributed by atoms with E-state index in [9.17, 15) is 28.8 Å². The maximum absolute atomic E-state index is 12.3. The Morgan fingerprint density at radius 1 is 0.200 bits per heavy atom. The molecule has 6 aromatic rings. The lowest BCUT2D eigenvalue weighted by Gasteiger charge is -2.22. The molecular weight excluding hydrogens is 1680 g/mol. The summed E-state index contributed by atoms with van der Waals surface area (Å²) in [6, 6.07) is 48.1. The zero-order valence-corrected chi connectivity index (χ0v) is 84.6. The van der Waals surface area contributed by atoms with E-state index in [1.807, 2.05) is 146 Å². The second-order valence-electron chi connectivity index (χ2n) is 39.2. The van der Waals surface area contributed by atoms with E-state index in [0.717, 1.165) is 153 Å². The van der Waals surface area contributed by atoms with Crippen molar-refractivity contribution in [2.24, 2.45) is 0 Å². The number of rotatable bonds is 66. The molecule has 0 heterocycles. The van der Waals surface area contributed by atoms with Crippen LogP contribution in [0.25, 0.3) is 0 Å². The first-order chi connectivity index (χ1) is 66.4. The van der Waals surface area contributed by atoms with Crippen molar-refractivity contribution in [3.05, 3.63) is 179 Å². The fourth-order valence-corrected chi connectivity index (χ4v) is 18.6. The van der Waals surface area contributed by atoms with Gasteiger partial charge in [0.2, 0.25) is 0 Å². The molecule has 0 unspecified atom stereocenters. The summed E-state index contributed by atoms with van der Waals surface area (Å²) in [5.74, 6) is 0. The van der Waals surface area contributed by atoms with Crippen molar-refractivity contribution in [3.8, 4) is 0 Å². The first-order valence-corrected chi connectivity index (χ1v) is 54.9. The van der Waals surface area contributed by atoms with Gasteiger partial charge in [0.25, 0.3) is 0 Å². The van der Waals surface area contributed by atoms with Crippen molar-refractivity contribution in [2.45, 2.75) is 463 Å². The average molecular weight is 1860 g/mol. The zero-order chi connectivity index (χ0) is 95.4. The molecule has 750 valence electrons. The van der Waals surface area contributed by atoms with Gasteiger partial charge in [0, 0.05) is 52.2 Å². The maximum Gasteiger partial charge on any atom is 0.411 e. The van der Waals surface area contributed by atoms with Crippen LogP contribution in [-0.4, -0.2) is 74.3 Å². The van der Waals surface area contributed by atoms with Gasteiger partial charge in [0.05, 0.1) is 19.8 Å². The summed E-state index contributed by atoms with van der Waals surface area (Å²) in [6.45, 7) is 8.24. The van der Waals surface area contributed by atoms with Crippen molar-refractivity contribution < 1.29 is 43.0 Å². The van der Waals surface area contributed by atoms with Gasteiger partial charge in [-0.25, -0.2) is 28.8 Å². The number of urea groups is 3. The molecule has 18 nitrogen and oxygen atoms in total. The Bertz CT molecular complexity index is 3790. The zero-order valence-electron chi connectivity index (χ0n) is 84.6. The van der Waals surface area contributed by atoms with Crippen LogP contribution in [0, 0.1) is 0 Å². The summed E-state index contributed by atoms with van der Waals surface area (Å²) in [5.41, 5.74) is 11.5. The van der Waals surface area contributed by atoms with Crippen LogP contribution in [0.4, 0.5) is 62.9 Å². The van der Waals surface area contributed by atoms with Crippen molar-refractivity contribution in [1.82, 2.24) is 16.0 Å². The van der Waals surface area contributed by atoms with Crippen LogP contribution >= 0.6 is 0 Å². The quantitative estimate of drug-likeness (QED) is 0.0130. The molecular formula is C117H183N9O9. The van der Waals surface area contributed by atoms with E-state index in [0.29, 0.717) is 37.9 Å². The highest BCUT2D eigenvalue weighted by Crippen LogP contribution is 2.27. The Morgan fingerprint density at radius 3 is 0.511 bits per heavy atom. The number of hydrogen-bond donors (Lipinski definition) is 9. The topological polar surface area (TPSA) is 238 Å². The Labute approximate surface area is 818 Å². The number of hydrogen-bond acceptors (Lipinski definition) is 9. The monoisotopic (exact) mass is 1860 g/mol. The summed E-state index contributed by atoms with van der Waals surface area (Å²) >= 11 is 0.